The van der Waals surface area contributed by atoms with Crippen LogP contribution in [0.1, 0.15) is 13.3 Å². The minimum atomic E-state index is 0.200. The zero-order valence-corrected chi connectivity index (χ0v) is 7.51. The number of hydrogen-bond acceptors (Lipinski definition) is 1. The van der Waals surface area contributed by atoms with Gasteiger partial charge in [0.2, 0.25) is 5.91 Å². The normalized spacial score (nSPS) is 36.0. The smallest absolute Gasteiger partial charge is 0.232 e. The van der Waals surface area contributed by atoms with Crippen LogP contribution in [0.5, 0.6) is 0 Å². The summed E-state index contributed by atoms with van der Waals surface area (Å²) in [6.45, 7) is 3.02. The van der Waals surface area contributed by atoms with E-state index >= 15 is 0 Å². The molecule has 9 heavy (non-hydrogen) atoms. The molecule has 2 atom stereocenters. The van der Waals surface area contributed by atoms with Crippen LogP contribution in [0.2, 0.25) is 0 Å². The third-order valence-electron chi connectivity index (χ3n) is 1.52. The van der Waals surface area contributed by atoms with Gasteiger partial charge in [-0.05, 0) is 12.3 Å². The Bertz CT molecular complexity index is 126. The minimum Gasteiger partial charge on any atom is -0.355 e. The van der Waals surface area contributed by atoms with Crippen LogP contribution in [0.4, 0.5) is 0 Å². The summed E-state index contributed by atoms with van der Waals surface area (Å²) in [7, 11) is 0. The fourth-order valence-electron chi connectivity index (χ4n) is 0.929. The number of nitrogens with one attached hydrogen (secondary N) is 1. The molecule has 0 aromatic heterocycles. The van der Waals surface area contributed by atoms with Crippen LogP contribution in [-0.2, 0) is 4.79 Å². The molecule has 0 spiro atoms. The summed E-state index contributed by atoms with van der Waals surface area (Å²) < 4.78 is 0.200. The van der Waals surface area contributed by atoms with Crippen LogP contribution in [0.3, 0.4) is 0 Å². The first-order chi connectivity index (χ1) is 4.20. The van der Waals surface area contributed by atoms with Crippen molar-refractivity contribution in [3.8, 4) is 0 Å². The highest BCUT2D eigenvalue weighted by atomic mass is 127. The van der Waals surface area contributed by atoms with Crippen LogP contribution < -0.4 is 5.32 Å². The molecule has 1 N–H and O–H groups in total. The van der Waals surface area contributed by atoms with E-state index in [4.69, 9.17) is 0 Å². The monoisotopic (exact) mass is 239 g/mol. The predicted octanol–water partition coefficient (Wildman–Crippen LogP) is 0.946. The Balaban J connectivity index is 2.44. The largest absolute Gasteiger partial charge is 0.355 e. The Morgan fingerprint density at radius 2 is 2.44 bits per heavy atom. The number of halogens is 1. The van der Waals surface area contributed by atoms with Crippen LogP contribution in [0.25, 0.3) is 0 Å². The lowest BCUT2D eigenvalue weighted by molar-refractivity contribution is -0.121. The van der Waals surface area contributed by atoms with Crippen molar-refractivity contribution >= 4 is 28.5 Å². The Kier molecular flexibility index (Phi) is 2.32. The first-order valence-corrected chi connectivity index (χ1v) is 4.36. The molecule has 0 bridgehead atoms. The van der Waals surface area contributed by atoms with Crippen molar-refractivity contribution in [1.82, 2.24) is 5.32 Å². The maximum atomic E-state index is 10.8. The number of carbonyl (C=O) groups is 1. The molecule has 1 aliphatic heterocycles. The molecule has 3 heteroatoms. The highest BCUT2D eigenvalue weighted by Crippen LogP contribution is 2.16. The third-order valence-corrected chi connectivity index (χ3v) is 2.59. The molecule has 1 amide bonds. The Labute approximate surface area is 68.5 Å². The predicted molar refractivity (Wildman–Crippen MR) is 44.6 cm³/mol. The third kappa shape index (κ3) is 1.81. The van der Waals surface area contributed by atoms with Gasteiger partial charge in [0.15, 0.2) is 0 Å². The van der Waals surface area contributed by atoms with Gasteiger partial charge in [-0.2, -0.15) is 0 Å². The van der Waals surface area contributed by atoms with Gasteiger partial charge < -0.3 is 5.32 Å². The van der Waals surface area contributed by atoms with Crippen LogP contribution >= 0.6 is 22.6 Å². The van der Waals surface area contributed by atoms with Crippen molar-refractivity contribution in [3.63, 3.8) is 0 Å². The maximum absolute atomic E-state index is 10.8. The van der Waals surface area contributed by atoms with Gasteiger partial charge in [0, 0.05) is 6.54 Å². The first-order valence-electron chi connectivity index (χ1n) is 3.12. The molecule has 52 valence electrons. The summed E-state index contributed by atoms with van der Waals surface area (Å²) in [5.74, 6) is 0.860. The zero-order chi connectivity index (χ0) is 6.85. The number of hydrogen-bond donors (Lipinski definition) is 1. The Morgan fingerprint density at radius 3 is 2.89 bits per heavy atom. The summed E-state index contributed by atoms with van der Waals surface area (Å²) in [6.07, 6.45) is 1.03. The van der Waals surface area contributed by atoms with E-state index in [0.29, 0.717) is 5.92 Å². The Hall–Kier alpha value is 0.200. The second-order valence-corrected chi connectivity index (χ2v) is 4.06. The standard InChI is InChI=1S/C6H10INO/c1-4-2-5(7)6(9)8-3-4/h4-5H,2-3H2,1H3,(H,8,9)/t4-,5?/m1/s1. The lowest BCUT2D eigenvalue weighted by atomic mass is 10.0. The van der Waals surface area contributed by atoms with Crippen molar-refractivity contribution in [2.75, 3.05) is 6.54 Å². The second-order valence-electron chi connectivity index (χ2n) is 2.55. The van der Waals surface area contributed by atoms with Gasteiger partial charge >= 0.3 is 0 Å². The van der Waals surface area contributed by atoms with Gasteiger partial charge in [-0.15, -0.1) is 0 Å². The fourth-order valence-corrected chi connectivity index (χ4v) is 2.02. The minimum absolute atomic E-state index is 0.200. The molecule has 1 unspecified atom stereocenters. The molecule has 0 aliphatic carbocycles. The molecule has 0 radical (unpaired) electrons. The lowest BCUT2D eigenvalue weighted by Crippen LogP contribution is -2.40. The van der Waals surface area contributed by atoms with Crippen molar-refractivity contribution in [1.29, 1.82) is 0 Å². The van der Waals surface area contributed by atoms with Gasteiger partial charge in [0.25, 0.3) is 0 Å². The number of piperidine rings is 1. The molecule has 1 fully saturated rings. The van der Waals surface area contributed by atoms with E-state index in [9.17, 15) is 4.79 Å². The lowest BCUT2D eigenvalue weighted by Gasteiger charge is -2.22. The summed E-state index contributed by atoms with van der Waals surface area (Å²) >= 11 is 2.19. The van der Waals surface area contributed by atoms with E-state index in [1.54, 1.807) is 0 Å². The molecule has 2 nitrogen and oxygen atoms in total. The highest BCUT2D eigenvalue weighted by Gasteiger charge is 2.22. The summed E-state index contributed by atoms with van der Waals surface area (Å²) in [5, 5.41) is 2.84. The molecule has 1 saturated heterocycles. The van der Waals surface area contributed by atoms with E-state index in [-0.39, 0.29) is 9.83 Å². The topological polar surface area (TPSA) is 29.1 Å². The van der Waals surface area contributed by atoms with E-state index in [1.165, 1.54) is 0 Å². The van der Waals surface area contributed by atoms with Crippen LogP contribution in [0.15, 0.2) is 0 Å². The molecule has 1 rings (SSSR count). The molecular formula is C6H10INO. The SMILES string of the molecule is C[C@H]1CNC(=O)C(I)C1. The molecule has 0 saturated carbocycles. The van der Waals surface area contributed by atoms with Crippen LogP contribution in [-0.4, -0.2) is 16.4 Å². The average Bonchev–Trinajstić information content (AvgIpc) is 1.80. The molecule has 1 aliphatic rings. The van der Waals surface area contributed by atoms with E-state index in [2.05, 4.69) is 34.8 Å². The van der Waals surface area contributed by atoms with E-state index < -0.39 is 0 Å². The van der Waals surface area contributed by atoms with Gasteiger partial charge in [0.05, 0.1) is 3.92 Å². The number of carbonyl (C=O) groups excluding carboxylic acids is 1. The summed E-state index contributed by atoms with van der Waals surface area (Å²) in [6, 6.07) is 0. The van der Waals surface area contributed by atoms with Crippen molar-refractivity contribution in [2.45, 2.75) is 17.3 Å². The molecule has 1 heterocycles. The first kappa shape index (κ1) is 7.31. The zero-order valence-electron chi connectivity index (χ0n) is 5.36. The van der Waals surface area contributed by atoms with E-state index in [1.807, 2.05) is 0 Å². The van der Waals surface area contributed by atoms with Crippen LogP contribution in [0, 0.1) is 5.92 Å². The van der Waals surface area contributed by atoms with Crippen molar-refractivity contribution < 1.29 is 4.79 Å². The number of alkyl halides is 1. The Morgan fingerprint density at radius 1 is 1.78 bits per heavy atom. The fraction of sp³-hybridized carbons (Fsp3) is 0.833. The quantitative estimate of drug-likeness (QED) is 0.494. The van der Waals surface area contributed by atoms with Crippen molar-refractivity contribution in [3.05, 3.63) is 0 Å². The average molecular weight is 239 g/mol. The number of amides is 1. The molecule has 0 aromatic rings. The second kappa shape index (κ2) is 2.86. The van der Waals surface area contributed by atoms with Gasteiger partial charge in [0.1, 0.15) is 0 Å². The summed E-state index contributed by atoms with van der Waals surface area (Å²) in [4.78, 5) is 10.8. The van der Waals surface area contributed by atoms with E-state index in [0.717, 1.165) is 13.0 Å². The molecule has 0 aromatic carbocycles. The highest BCUT2D eigenvalue weighted by molar-refractivity contribution is 14.1. The van der Waals surface area contributed by atoms with Gasteiger partial charge in [-0.3, -0.25) is 4.79 Å². The van der Waals surface area contributed by atoms with Gasteiger partial charge in [-0.1, -0.05) is 29.5 Å². The van der Waals surface area contributed by atoms with Crippen molar-refractivity contribution in [2.24, 2.45) is 5.92 Å². The number of rotatable bonds is 0. The molecular weight excluding hydrogens is 229 g/mol. The van der Waals surface area contributed by atoms with Gasteiger partial charge in [-0.25, -0.2) is 0 Å². The maximum Gasteiger partial charge on any atom is 0.232 e. The summed E-state index contributed by atoms with van der Waals surface area (Å²) in [5.41, 5.74) is 0.